The zero-order chi connectivity index (χ0) is 32.0. The SMILES string of the molecule is NC(=O)C1c2ccc(NC(=O)C(NCc3ccccc3)c3ccccc3)c(O)c2C(O)=C2C(=O)C3(O)C(=O)CC(O)CC3CC21. The Morgan fingerprint density at radius 1 is 0.956 bits per heavy atom. The third-order valence-corrected chi connectivity index (χ3v) is 9.25. The number of Topliss-reactive ketones (excluding diaryl/α,β-unsaturated/α-hetero) is 2. The highest BCUT2D eigenvalue weighted by atomic mass is 16.3. The molecule has 11 heteroatoms. The maximum atomic E-state index is 13.7. The molecule has 11 nitrogen and oxygen atoms in total. The average molecular weight is 612 g/mol. The average Bonchev–Trinajstić information content (AvgIpc) is 3.01. The summed E-state index contributed by atoms with van der Waals surface area (Å²) in [6, 6.07) is 20.4. The Kier molecular flexibility index (Phi) is 7.77. The minimum absolute atomic E-state index is 0.0476. The van der Waals surface area contributed by atoms with Gasteiger partial charge in [-0.2, -0.15) is 0 Å². The molecule has 2 saturated carbocycles. The number of nitrogens with two attached hydrogens (primary N) is 1. The highest BCUT2D eigenvalue weighted by Crippen LogP contribution is 2.55. The molecule has 2 amide bonds. The second kappa shape index (κ2) is 11.6. The fraction of sp³-hybridized carbons (Fsp3) is 0.294. The van der Waals surface area contributed by atoms with Crippen LogP contribution >= 0.6 is 0 Å². The van der Waals surface area contributed by atoms with Crippen molar-refractivity contribution < 1.29 is 39.6 Å². The van der Waals surface area contributed by atoms with Crippen molar-refractivity contribution in [3.8, 4) is 5.75 Å². The van der Waals surface area contributed by atoms with Crippen LogP contribution in [0.4, 0.5) is 5.69 Å². The van der Waals surface area contributed by atoms with Gasteiger partial charge in [0.15, 0.2) is 11.4 Å². The number of benzene rings is 3. The summed E-state index contributed by atoms with van der Waals surface area (Å²) in [6.07, 6.45) is -1.62. The molecule has 3 aromatic rings. The number of hydrogen-bond donors (Lipinski definition) is 7. The molecule has 2 fully saturated rings. The fourth-order valence-electron chi connectivity index (χ4n) is 7.09. The molecule has 0 radical (unpaired) electrons. The smallest absolute Gasteiger partial charge is 0.246 e. The number of primary amides is 1. The summed E-state index contributed by atoms with van der Waals surface area (Å²) < 4.78 is 0. The number of ketones is 2. The molecule has 0 aliphatic heterocycles. The van der Waals surface area contributed by atoms with Crippen LogP contribution in [0.15, 0.2) is 78.4 Å². The van der Waals surface area contributed by atoms with E-state index in [1.54, 1.807) is 24.3 Å². The molecule has 3 aliphatic rings. The summed E-state index contributed by atoms with van der Waals surface area (Å²) in [5, 5.41) is 50.3. The van der Waals surface area contributed by atoms with Gasteiger partial charge in [-0.05, 0) is 35.6 Å². The summed E-state index contributed by atoms with van der Waals surface area (Å²) in [4.78, 5) is 53.1. The molecule has 6 rings (SSSR count). The Bertz CT molecular complexity index is 1720. The van der Waals surface area contributed by atoms with Crippen LogP contribution in [0.1, 0.15) is 53.5 Å². The lowest BCUT2D eigenvalue weighted by atomic mass is 9.56. The van der Waals surface area contributed by atoms with E-state index in [2.05, 4.69) is 10.6 Å². The number of fused-ring (bicyclic) bond motifs is 3. The first-order chi connectivity index (χ1) is 21.5. The van der Waals surface area contributed by atoms with Crippen molar-refractivity contribution in [2.75, 3.05) is 5.32 Å². The molecule has 3 aromatic carbocycles. The van der Waals surface area contributed by atoms with Crippen molar-refractivity contribution in [1.82, 2.24) is 5.32 Å². The van der Waals surface area contributed by atoms with Gasteiger partial charge in [0.25, 0.3) is 0 Å². The predicted molar refractivity (Wildman–Crippen MR) is 162 cm³/mol. The molecule has 0 saturated heterocycles. The lowest BCUT2D eigenvalue weighted by Gasteiger charge is -2.48. The van der Waals surface area contributed by atoms with E-state index in [9.17, 15) is 39.6 Å². The second-order valence-electron chi connectivity index (χ2n) is 11.9. The number of amides is 2. The molecule has 0 spiro atoms. The number of anilines is 1. The number of aliphatic hydroxyl groups excluding tert-OH is 2. The van der Waals surface area contributed by atoms with Crippen LogP contribution in [0.5, 0.6) is 5.75 Å². The van der Waals surface area contributed by atoms with Crippen molar-refractivity contribution in [2.45, 2.75) is 49.5 Å². The molecular formula is C34H33N3O8. The molecule has 8 N–H and O–H groups in total. The van der Waals surface area contributed by atoms with Crippen molar-refractivity contribution in [2.24, 2.45) is 17.6 Å². The van der Waals surface area contributed by atoms with Gasteiger partial charge in [0.1, 0.15) is 17.6 Å². The second-order valence-corrected chi connectivity index (χ2v) is 11.9. The number of aliphatic hydroxyl groups is 3. The van der Waals surface area contributed by atoms with Crippen molar-refractivity contribution >= 4 is 34.8 Å². The maximum Gasteiger partial charge on any atom is 0.246 e. The Morgan fingerprint density at radius 3 is 2.29 bits per heavy atom. The van der Waals surface area contributed by atoms with Crippen LogP contribution in [0.3, 0.4) is 0 Å². The fourth-order valence-corrected chi connectivity index (χ4v) is 7.09. The van der Waals surface area contributed by atoms with E-state index in [0.29, 0.717) is 12.1 Å². The standard InChI is InChI=1S/C34H33N3O8/c35-32(43)25-21-11-12-23(37-33(44)28(18-9-5-2-6-10-18)36-16-17-7-3-1-4-8-17)29(40)26(21)30(41)27-22(25)14-19-13-20(38)15-24(39)34(19,45)31(27)42/h1-12,19-20,22,25,28,36,38,40-41,45H,13-16H2,(H2,35,43)(H,37,44). The summed E-state index contributed by atoms with van der Waals surface area (Å²) in [7, 11) is 0. The monoisotopic (exact) mass is 611 g/mol. The largest absolute Gasteiger partial charge is 0.507 e. The van der Waals surface area contributed by atoms with E-state index in [0.717, 1.165) is 5.56 Å². The summed E-state index contributed by atoms with van der Waals surface area (Å²) in [5.74, 6) is -7.86. The highest BCUT2D eigenvalue weighted by molar-refractivity contribution is 6.22. The first-order valence-corrected chi connectivity index (χ1v) is 14.7. The Labute approximate surface area is 258 Å². The molecule has 6 unspecified atom stereocenters. The predicted octanol–water partition coefficient (Wildman–Crippen LogP) is 2.37. The van der Waals surface area contributed by atoms with Gasteiger partial charge in [-0.3, -0.25) is 24.5 Å². The molecule has 0 bridgehead atoms. The lowest BCUT2D eigenvalue weighted by molar-refractivity contribution is -0.167. The molecule has 45 heavy (non-hydrogen) atoms. The van der Waals surface area contributed by atoms with Crippen LogP contribution in [0, 0.1) is 11.8 Å². The van der Waals surface area contributed by atoms with Gasteiger partial charge >= 0.3 is 0 Å². The molecule has 232 valence electrons. The summed E-state index contributed by atoms with van der Waals surface area (Å²) >= 11 is 0. The van der Waals surface area contributed by atoms with Gasteiger partial charge in [-0.1, -0.05) is 66.7 Å². The van der Waals surface area contributed by atoms with E-state index >= 15 is 0 Å². The van der Waals surface area contributed by atoms with E-state index in [-0.39, 0.29) is 35.2 Å². The third-order valence-electron chi connectivity index (χ3n) is 9.25. The first-order valence-electron chi connectivity index (χ1n) is 14.7. The Morgan fingerprint density at radius 2 is 1.62 bits per heavy atom. The molecular weight excluding hydrogens is 578 g/mol. The minimum Gasteiger partial charge on any atom is -0.507 e. The van der Waals surface area contributed by atoms with Crippen LogP contribution in [0.2, 0.25) is 0 Å². The number of nitrogens with one attached hydrogen (secondary N) is 2. The zero-order valence-electron chi connectivity index (χ0n) is 24.1. The number of aromatic hydroxyl groups is 1. The maximum absolute atomic E-state index is 13.7. The summed E-state index contributed by atoms with van der Waals surface area (Å²) in [6.45, 7) is 0.361. The quantitative estimate of drug-likeness (QED) is 0.155. The highest BCUT2D eigenvalue weighted by Gasteiger charge is 2.62. The number of phenols is 1. The van der Waals surface area contributed by atoms with Crippen molar-refractivity contribution in [3.05, 3.63) is 101 Å². The summed E-state index contributed by atoms with van der Waals surface area (Å²) in [5.41, 5.74) is 4.24. The van der Waals surface area contributed by atoms with Gasteiger partial charge < -0.3 is 31.5 Å². The number of carbonyl (C=O) groups excluding carboxylic acids is 4. The van der Waals surface area contributed by atoms with E-state index in [1.165, 1.54) is 12.1 Å². The van der Waals surface area contributed by atoms with Crippen LogP contribution in [-0.4, -0.2) is 55.5 Å². The van der Waals surface area contributed by atoms with E-state index in [1.807, 2.05) is 36.4 Å². The molecule has 6 atom stereocenters. The van der Waals surface area contributed by atoms with Crippen LogP contribution < -0.4 is 16.4 Å². The van der Waals surface area contributed by atoms with Crippen LogP contribution in [-0.2, 0) is 25.7 Å². The third kappa shape index (κ3) is 5.08. The Balaban J connectivity index is 1.37. The Hall–Kier alpha value is -4.84. The topological polar surface area (TPSA) is 199 Å². The zero-order valence-corrected chi connectivity index (χ0v) is 24.1. The van der Waals surface area contributed by atoms with Gasteiger partial charge in [0.2, 0.25) is 17.6 Å². The van der Waals surface area contributed by atoms with Gasteiger partial charge in [0, 0.05) is 30.4 Å². The number of carbonyl (C=O) groups is 4. The van der Waals surface area contributed by atoms with E-state index in [4.69, 9.17) is 5.73 Å². The van der Waals surface area contributed by atoms with Crippen LogP contribution in [0.25, 0.3) is 5.76 Å². The molecule has 3 aliphatic carbocycles. The van der Waals surface area contributed by atoms with Gasteiger partial charge in [-0.15, -0.1) is 0 Å². The first kappa shape index (κ1) is 30.2. The lowest BCUT2D eigenvalue weighted by Crippen LogP contribution is -2.62. The number of rotatable bonds is 7. The van der Waals surface area contributed by atoms with E-state index < -0.39 is 76.8 Å². The molecule has 0 heterocycles. The van der Waals surface area contributed by atoms with Crippen molar-refractivity contribution in [3.63, 3.8) is 0 Å². The van der Waals surface area contributed by atoms with Gasteiger partial charge in [-0.25, -0.2) is 0 Å². The normalized spacial score (nSPS) is 26.4. The van der Waals surface area contributed by atoms with Gasteiger partial charge in [0.05, 0.1) is 23.3 Å². The molecule has 0 aromatic heterocycles. The minimum atomic E-state index is -2.49. The number of phenolic OH excluding ortho intramolecular Hbond substituents is 1. The van der Waals surface area contributed by atoms with Crippen molar-refractivity contribution in [1.29, 1.82) is 0 Å². The number of hydrogen-bond acceptors (Lipinski definition) is 9.